The summed E-state index contributed by atoms with van der Waals surface area (Å²) in [5.41, 5.74) is 2.85. The molecule has 1 N–H and O–H groups in total. The summed E-state index contributed by atoms with van der Waals surface area (Å²) >= 11 is 1.21. The smallest absolute Gasteiger partial charge is 0.314 e. The zero-order valence-electron chi connectivity index (χ0n) is 19.9. The first kappa shape index (κ1) is 24.9. The van der Waals surface area contributed by atoms with Crippen LogP contribution in [0.2, 0.25) is 0 Å². The van der Waals surface area contributed by atoms with Crippen molar-refractivity contribution in [2.45, 2.75) is 57.0 Å². The molecule has 35 heavy (non-hydrogen) atoms. The minimum absolute atomic E-state index is 0.0259. The van der Waals surface area contributed by atoms with E-state index in [1.165, 1.54) is 18.2 Å². The molecule has 4 rings (SSSR count). The van der Waals surface area contributed by atoms with E-state index in [9.17, 15) is 14.4 Å². The number of nitrogens with one attached hydrogen (secondary N) is 1. The Kier molecular flexibility index (Phi) is 8.53. The summed E-state index contributed by atoms with van der Waals surface area (Å²) < 4.78 is 5.51. The van der Waals surface area contributed by atoms with Crippen molar-refractivity contribution in [2.75, 3.05) is 5.75 Å². The van der Waals surface area contributed by atoms with Crippen LogP contribution in [0.1, 0.15) is 66.2 Å². The predicted molar refractivity (Wildman–Crippen MR) is 137 cm³/mol. The molecule has 3 aromatic rings. The normalized spacial score (nSPS) is 14.0. The summed E-state index contributed by atoms with van der Waals surface area (Å²) in [7, 11) is 0. The molecule has 0 amide bonds. The van der Waals surface area contributed by atoms with Gasteiger partial charge in [-0.25, -0.2) is 4.98 Å². The lowest BCUT2D eigenvalue weighted by atomic mass is 9.89. The highest BCUT2D eigenvalue weighted by Crippen LogP contribution is 2.26. The van der Waals surface area contributed by atoms with Crippen LogP contribution in [0.3, 0.4) is 0 Å². The Hall–Kier alpha value is -3.19. The van der Waals surface area contributed by atoms with Crippen molar-refractivity contribution in [3.8, 4) is 5.75 Å². The van der Waals surface area contributed by atoms with Crippen LogP contribution in [0.5, 0.6) is 5.75 Å². The zero-order valence-corrected chi connectivity index (χ0v) is 20.7. The molecule has 0 radical (unpaired) electrons. The molecule has 0 bridgehead atoms. The topological polar surface area (TPSA) is 89.1 Å². The predicted octanol–water partition coefficient (Wildman–Crippen LogP) is 5.38. The molecule has 1 aliphatic carbocycles. The number of H-pyrrole nitrogens is 1. The van der Waals surface area contributed by atoms with Crippen LogP contribution in [0.4, 0.5) is 0 Å². The Labute approximate surface area is 209 Å². The van der Waals surface area contributed by atoms with E-state index in [4.69, 9.17) is 4.74 Å². The van der Waals surface area contributed by atoms with Gasteiger partial charge < -0.3 is 9.72 Å². The molecule has 0 aliphatic heterocycles. The fourth-order valence-corrected chi connectivity index (χ4v) is 5.13. The summed E-state index contributed by atoms with van der Waals surface area (Å²) in [6.07, 6.45) is 6.24. The van der Waals surface area contributed by atoms with Crippen molar-refractivity contribution in [1.82, 2.24) is 9.97 Å². The molecule has 182 valence electrons. The molecule has 1 fully saturated rings. The fraction of sp³-hybridized carbons (Fsp3) is 0.357. The van der Waals surface area contributed by atoms with E-state index in [1.807, 2.05) is 37.3 Å². The van der Waals surface area contributed by atoms with E-state index in [1.54, 1.807) is 24.3 Å². The van der Waals surface area contributed by atoms with E-state index < -0.39 is 0 Å². The molecule has 6 nitrogen and oxygen atoms in total. The summed E-state index contributed by atoms with van der Waals surface area (Å²) in [6, 6.07) is 16.6. The molecular formula is C28H30N2O4S. The van der Waals surface area contributed by atoms with E-state index in [2.05, 4.69) is 9.97 Å². The highest BCUT2D eigenvalue weighted by Gasteiger charge is 2.23. The second-order valence-electron chi connectivity index (χ2n) is 8.80. The minimum atomic E-state index is -0.184. The third-order valence-corrected chi connectivity index (χ3v) is 7.19. The lowest BCUT2D eigenvalue weighted by Gasteiger charge is -2.19. The summed E-state index contributed by atoms with van der Waals surface area (Å²) in [6.45, 7) is 1.94. The molecule has 2 aromatic carbocycles. The Bertz CT molecular complexity index is 1220. The molecule has 0 unspecified atom stereocenters. The van der Waals surface area contributed by atoms with Crippen molar-refractivity contribution in [3.63, 3.8) is 0 Å². The van der Waals surface area contributed by atoms with Gasteiger partial charge in [-0.3, -0.25) is 14.4 Å². The van der Waals surface area contributed by atoms with Crippen LogP contribution in [-0.4, -0.2) is 27.5 Å². The van der Waals surface area contributed by atoms with Gasteiger partial charge in [-0.2, -0.15) is 0 Å². The second kappa shape index (κ2) is 12.0. The number of hydrogen-bond donors (Lipinski definition) is 1. The molecule has 1 aliphatic rings. The molecule has 0 saturated heterocycles. The lowest BCUT2D eigenvalue weighted by molar-refractivity contribution is -0.139. The maximum Gasteiger partial charge on any atom is 0.314 e. The van der Waals surface area contributed by atoms with Gasteiger partial charge in [0, 0.05) is 17.5 Å². The SMILES string of the molecule is CCc1c(Cc2ccccc2)nc(SCC(=O)c2ccc(OC(=O)C3CCCCC3)cc2)[nH]c1=O. The van der Waals surface area contributed by atoms with Crippen LogP contribution < -0.4 is 10.3 Å². The standard InChI is InChI=1S/C28H30N2O4S/c1-2-23-24(17-19-9-5-3-6-10-19)29-28(30-26(23)32)35-18-25(31)20-13-15-22(16-14-20)34-27(33)21-11-7-4-8-12-21/h3,5-6,9-10,13-16,21H,2,4,7-8,11-12,17-18H2,1H3,(H,29,30,32). The van der Waals surface area contributed by atoms with E-state index in [-0.39, 0.29) is 29.0 Å². The van der Waals surface area contributed by atoms with Crippen molar-refractivity contribution in [2.24, 2.45) is 5.92 Å². The van der Waals surface area contributed by atoms with Gasteiger partial charge in [0.2, 0.25) is 0 Å². The summed E-state index contributed by atoms with van der Waals surface area (Å²) in [5.74, 6) is 0.294. The van der Waals surface area contributed by atoms with Crippen molar-refractivity contribution < 1.29 is 14.3 Å². The monoisotopic (exact) mass is 490 g/mol. The lowest BCUT2D eigenvalue weighted by Crippen LogP contribution is -2.22. The van der Waals surface area contributed by atoms with Crippen LogP contribution in [0.25, 0.3) is 0 Å². The number of ketones is 1. The maximum atomic E-state index is 12.7. The van der Waals surface area contributed by atoms with Gasteiger partial charge in [0.25, 0.3) is 5.56 Å². The Morgan fingerprint density at radius 3 is 2.43 bits per heavy atom. The van der Waals surface area contributed by atoms with Gasteiger partial charge in [-0.15, -0.1) is 0 Å². The maximum absolute atomic E-state index is 12.7. The number of Topliss-reactive ketones (excluding diaryl/α,β-unsaturated/α-hetero) is 1. The highest BCUT2D eigenvalue weighted by atomic mass is 32.2. The number of benzene rings is 2. The van der Waals surface area contributed by atoms with E-state index in [0.29, 0.717) is 34.9 Å². The Balaban J connectivity index is 1.38. The van der Waals surface area contributed by atoms with Crippen molar-refractivity contribution >= 4 is 23.5 Å². The average Bonchev–Trinajstić information content (AvgIpc) is 2.89. The molecule has 1 saturated carbocycles. The number of carbonyl (C=O) groups is 2. The minimum Gasteiger partial charge on any atom is -0.426 e. The molecule has 0 spiro atoms. The van der Waals surface area contributed by atoms with Gasteiger partial charge >= 0.3 is 5.97 Å². The second-order valence-corrected chi connectivity index (χ2v) is 9.77. The summed E-state index contributed by atoms with van der Waals surface area (Å²) in [5, 5.41) is 0.435. The van der Waals surface area contributed by atoms with Crippen LogP contribution >= 0.6 is 11.8 Å². The Morgan fingerprint density at radius 1 is 1.03 bits per heavy atom. The molecule has 0 atom stereocenters. The quantitative estimate of drug-likeness (QED) is 0.142. The third kappa shape index (κ3) is 6.69. The van der Waals surface area contributed by atoms with Gasteiger partial charge in [0.1, 0.15) is 5.75 Å². The number of carbonyl (C=O) groups excluding carboxylic acids is 2. The number of rotatable bonds is 9. The van der Waals surface area contributed by atoms with Gasteiger partial charge in [0.05, 0.1) is 17.4 Å². The number of nitrogens with zero attached hydrogens (tertiary/aromatic N) is 1. The number of aromatic nitrogens is 2. The largest absolute Gasteiger partial charge is 0.426 e. The van der Waals surface area contributed by atoms with E-state index in [0.717, 1.165) is 36.9 Å². The Morgan fingerprint density at radius 2 is 1.74 bits per heavy atom. The molecule has 1 heterocycles. The van der Waals surface area contributed by atoms with Crippen LogP contribution in [0.15, 0.2) is 64.5 Å². The number of aromatic amines is 1. The first-order valence-corrected chi connectivity index (χ1v) is 13.2. The van der Waals surface area contributed by atoms with Gasteiger partial charge in [-0.05, 0) is 49.1 Å². The van der Waals surface area contributed by atoms with Gasteiger partial charge in [-0.1, -0.05) is 68.3 Å². The van der Waals surface area contributed by atoms with Crippen LogP contribution in [-0.2, 0) is 17.6 Å². The zero-order chi connectivity index (χ0) is 24.6. The number of esters is 1. The first-order valence-electron chi connectivity index (χ1n) is 12.2. The van der Waals surface area contributed by atoms with Crippen molar-refractivity contribution in [1.29, 1.82) is 0 Å². The number of hydrogen-bond acceptors (Lipinski definition) is 6. The molecular weight excluding hydrogens is 460 g/mol. The number of thioether (sulfide) groups is 1. The average molecular weight is 491 g/mol. The summed E-state index contributed by atoms with van der Waals surface area (Å²) in [4.78, 5) is 45.1. The molecule has 1 aromatic heterocycles. The van der Waals surface area contributed by atoms with Crippen LogP contribution in [0, 0.1) is 5.92 Å². The van der Waals surface area contributed by atoms with Crippen molar-refractivity contribution in [3.05, 3.63) is 87.3 Å². The fourth-order valence-electron chi connectivity index (χ4n) is 4.35. The highest BCUT2D eigenvalue weighted by molar-refractivity contribution is 7.99. The first-order chi connectivity index (χ1) is 17.0. The third-order valence-electron chi connectivity index (χ3n) is 6.32. The molecule has 7 heteroatoms. The van der Waals surface area contributed by atoms with E-state index >= 15 is 0 Å². The number of ether oxygens (including phenoxy) is 1. The van der Waals surface area contributed by atoms with Gasteiger partial charge in [0.15, 0.2) is 10.9 Å².